The topological polar surface area (TPSA) is 88.1 Å². The van der Waals surface area contributed by atoms with E-state index in [1.165, 1.54) is 11.7 Å². The van der Waals surface area contributed by atoms with Crippen LogP contribution >= 0.6 is 11.6 Å². The summed E-state index contributed by atoms with van der Waals surface area (Å²) >= 11 is 5.84. The third-order valence-electron chi connectivity index (χ3n) is 2.60. The zero-order chi connectivity index (χ0) is 15.4. The van der Waals surface area contributed by atoms with Crippen LogP contribution in [0.5, 0.6) is 0 Å². The summed E-state index contributed by atoms with van der Waals surface area (Å²) in [5.41, 5.74) is 1.00. The smallest absolute Gasteiger partial charge is 0.323 e. The molecule has 110 valence electrons. The Morgan fingerprint density at radius 2 is 2.05 bits per heavy atom. The standard InChI is InChI=1S/C13H14ClN5O2/c1-15-12(20)11-10(7-19(2)18-11)17-13(21)16-9-5-3-4-8(14)6-9/h3-7H,1-2H3,(H,15,20)(H2,16,17,21). The monoisotopic (exact) mass is 307 g/mol. The zero-order valence-electron chi connectivity index (χ0n) is 11.5. The van der Waals surface area contributed by atoms with Gasteiger partial charge in [0, 0.05) is 31.0 Å². The first-order chi connectivity index (χ1) is 9.99. The number of aryl methyl sites for hydroxylation is 1. The average Bonchev–Trinajstić information content (AvgIpc) is 2.78. The van der Waals surface area contributed by atoms with Crippen molar-refractivity contribution in [2.24, 2.45) is 7.05 Å². The van der Waals surface area contributed by atoms with E-state index in [4.69, 9.17) is 11.6 Å². The summed E-state index contributed by atoms with van der Waals surface area (Å²) in [5, 5.41) is 12.2. The highest BCUT2D eigenvalue weighted by atomic mass is 35.5. The number of benzene rings is 1. The lowest BCUT2D eigenvalue weighted by molar-refractivity contribution is 0.0958. The van der Waals surface area contributed by atoms with E-state index in [1.807, 2.05) is 0 Å². The fraction of sp³-hybridized carbons (Fsp3) is 0.154. The lowest BCUT2D eigenvalue weighted by atomic mass is 10.3. The molecule has 8 heteroatoms. The summed E-state index contributed by atoms with van der Waals surface area (Å²) < 4.78 is 1.44. The highest BCUT2D eigenvalue weighted by Gasteiger charge is 2.16. The van der Waals surface area contributed by atoms with Crippen LogP contribution in [0.25, 0.3) is 0 Å². The van der Waals surface area contributed by atoms with Crippen molar-refractivity contribution < 1.29 is 9.59 Å². The lowest BCUT2D eigenvalue weighted by Crippen LogP contribution is -2.23. The quantitative estimate of drug-likeness (QED) is 0.811. The lowest BCUT2D eigenvalue weighted by Gasteiger charge is -2.07. The molecule has 0 saturated heterocycles. The SMILES string of the molecule is CNC(=O)c1nn(C)cc1NC(=O)Nc1cccc(Cl)c1. The van der Waals surface area contributed by atoms with Crippen molar-refractivity contribution in [1.82, 2.24) is 15.1 Å². The van der Waals surface area contributed by atoms with Gasteiger partial charge >= 0.3 is 6.03 Å². The van der Waals surface area contributed by atoms with Crippen LogP contribution in [0.4, 0.5) is 16.2 Å². The molecule has 0 atom stereocenters. The van der Waals surface area contributed by atoms with E-state index in [2.05, 4.69) is 21.0 Å². The number of rotatable bonds is 3. The van der Waals surface area contributed by atoms with Gasteiger partial charge in [0.15, 0.2) is 5.69 Å². The maximum absolute atomic E-state index is 11.9. The van der Waals surface area contributed by atoms with Crippen molar-refractivity contribution in [2.45, 2.75) is 0 Å². The molecule has 7 nitrogen and oxygen atoms in total. The minimum atomic E-state index is -0.490. The van der Waals surface area contributed by atoms with E-state index in [9.17, 15) is 9.59 Å². The number of halogens is 1. The molecule has 2 rings (SSSR count). The minimum Gasteiger partial charge on any atom is -0.354 e. The summed E-state index contributed by atoms with van der Waals surface area (Å²) in [6.07, 6.45) is 1.54. The highest BCUT2D eigenvalue weighted by molar-refractivity contribution is 6.30. The Morgan fingerprint density at radius 1 is 1.29 bits per heavy atom. The molecule has 1 aromatic carbocycles. The minimum absolute atomic E-state index is 0.140. The molecule has 2 aromatic rings. The molecule has 3 amide bonds. The first-order valence-corrected chi connectivity index (χ1v) is 6.46. The summed E-state index contributed by atoms with van der Waals surface area (Å²) in [7, 11) is 3.15. The van der Waals surface area contributed by atoms with Gasteiger partial charge in [-0.2, -0.15) is 5.10 Å². The molecule has 0 aliphatic heterocycles. The van der Waals surface area contributed by atoms with E-state index in [-0.39, 0.29) is 11.6 Å². The van der Waals surface area contributed by atoms with Crippen molar-refractivity contribution in [3.05, 3.63) is 41.2 Å². The van der Waals surface area contributed by atoms with E-state index < -0.39 is 6.03 Å². The van der Waals surface area contributed by atoms with E-state index >= 15 is 0 Å². The largest absolute Gasteiger partial charge is 0.354 e. The van der Waals surface area contributed by atoms with E-state index in [0.717, 1.165) is 0 Å². The Labute approximate surface area is 126 Å². The maximum atomic E-state index is 11.9. The number of amides is 3. The van der Waals surface area contributed by atoms with Crippen LogP contribution < -0.4 is 16.0 Å². The number of aromatic nitrogens is 2. The molecule has 3 N–H and O–H groups in total. The molecule has 0 bridgehead atoms. The number of urea groups is 1. The molecule has 0 spiro atoms. The van der Waals surface area contributed by atoms with Crippen LogP contribution in [-0.2, 0) is 7.05 Å². The Kier molecular flexibility index (Phi) is 4.44. The third-order valence-corrected chi connectivity index (χ3v) is 2.84. The van der Waals surface area contributed by atoms with Gasteiger partial charge in [0.1, 0.15) is 0 Å². The van der Waals surface area contributed by atoms with Crippen LogP contribution in [0.1, 0.15) is 10.5 Å². The van der Waals surface area contributed by atoms with Crippen molar-refractivity contribution in [3.8, 4) is 0 Å². The molecule has 0 saturated carbocycles. The normalized spacial score (nSPS) is 10.0. The van der Waals surface area contributed by atoms with Crippen molar-refractivity contribution in [1.29, 1.82) is 0 Å². The van der Waals surface area contributed by atoms with Gasteiger partial charge in [0.05, 0.1) is 5.69 Å². The fourth-order valence-electron chi connectivity index (χ4n) is 1.72. The molecule has 0 aliphatic rings. The molecule has 0 fully saturated rings. The van der Waals surface area contributed by atoms with E-state index in [1.54, 1.807) is 37.5 Å². The first-order valence-electron chi connectivity index (χ1n) is 6.09. The Bertz CT molecular complexity index is 683. The van der Waals surface area contributed by atoms with Gasteiger partial charge in [-0.15, -0.1) is 0 Å². The van der Waals surface area contributed by atoms with Gasteiger partial charge in [0.2, 0.25) is 0 Å². The van der Waals surface area contributed by atoms with Gasteiger partial charge in [0.25, 0.3) is 5.91 Å². The summed E-state index contributed by atoms with van der Waals surface area (Å²) in [4.78, 5) is 23.6. The number of hydrogen-bond acceptors (Lipinski definition) is 3. The third kappa shape index (κ3) is 3.73. The Morgan fingerprint density at radius 3 is 2.71 bits per heavy atom. The number of anilines is 2. The van der Waals surface area contributed by atoms with Crippen LogP contribution in [0.2, 0.25) is 5.02 Å². The van der Waals surface area contributed by atoms with Crippen LogP contribution in [0, 0.1) is 0 Å². The maximum Gasteiger partial charge on any atom is 0.323 e. The second kappa shape index (κ2) is 6.27. The molecule has 21 heavy (non-hydrogen) atoms. The van der Waals surface area contributed by atoms with Gasteiger partial charge in [-0.25, -0.2) is 4.79 Å². The number of nitrogens with one attached hydrogen (secondary N) is 3. The molecule has 0 aliphatic carbocycles. The molecule has 1 aromatic heterocycles. The zero-order valence-corrected chi connectivity index (χ0v) is 12.2. The van der Waals surface area contributed by atoms with Crippen LogP contribution in [0.3, 0.4) is 0 Å². The summed E-state index contributed by atoms with van der Waals surface area (Å²) in [6, 6.07) is 6.25. The van der Waals surface area contributed by atoms with Crippen LogP contribution in [-0.4, -0.2) is 28.8 Å². The average molecular weight is 308 g/mol. The molecular weight excluding hydrogens is 294 g/mol. The van der Waals surface area contributed by atoms with Crippen molar-refractivity contribution in [2.75, 3.05) is 17.7 Å². The number of carbonyl (C=O) groups excluding carboxylic acids is 2. The number of nitrogens with zero attached hydrogens (tertiary/aromatic N) is 2. The molecular formula is C13H14ClN5O2. The number of carbonyl (C=O) groups is 2. The molecule has 0 radical (unpaired) electrons. The van der Waals surface area contributed by atoms with Crippen LogP contribution in [0.15, 0.2) is 30.5 Å². The second-order valence-corrected chi connectivity index (χ2v) is 4.67. The predicted molar refractivity (Wildman–Crippen MR) is 80.7 cm³/mol. The number of hydrogen-bond donors (Lipinski definition) is 3. The van der Waals surface area contributed by atoms with Crippen molar-refractivity contribution >= 4 is 34.9 Å². The molecule has 1 heterocycles. The highest BCUT2D eigenvalue weighted by Crippen LogP contribution is 2.16. The predicted octanol–water partition coefficient (Wildman–Crippen LogP) is 2.08. The van der Waals surface area contributed by atoms with Crippen molar-refractivity contribution in [3.63, 3.8) is 0 Å². The fourth-order valence-corrected chi connectivity index (χ4v) is 1.91. The first kappa shape index (κ1) is 14.9. The van der Waals surface area contributed by atoms with Gasteiger partial charge in [-0.05, 0) is 18.2 Å². The van der Waals surface area contributed by atoms with Gasteiger partial charge in [-0.1, -0.05) is 17.7 Å². The second-order valence-electron chi connectivity index (χ2n) is 4.23. The Balaban J connectivity index is 2.11. The van der Waals surface area contributed by atoms with E-state index in [0.29, 0.717) is 16.4 Å². The van der Waals surface area contributed by atoms with Gasteiger partial charge in [-0.3, -0.25) is 9.48 Å². The summed E-state index contributed by atoms with van der Waals surface area (Å²) in [5.74, 6) is -0.381. The summed E-state index contributed by atoms with van der Waals surface area (Å²) in [6.45, 7) is 0. The molecule has 0 unspecified atom stereocenters. The van der Waals surface area contributed by atoms with Gasteiger partial charge < -0.3 is 16.0 Å². The Hall–Kier alpha value is -2.54.